The minimum absolute atomic E-state index is 0.650. The lowest BCUT2D eigenvalue weighted by Crippen LogP contribution is -2.46. The molecule has 1 heterocycles. The molecule has 1 aliphatic heterocycles. The molecule has 0 atom stereocenters. The van der Waals surface area contributed by atoms with Crippen LogP contribution in [-0.2, 0) is 22.6 Å². The van der Waals surface area contributed by atoms with E-state index in [0.717, 1.165) is 50.6 Å². The lowest BCUT2D eigenvalue weighted by Gasteiger charge is -2.34. The van der Waals surface area contributed by atoms with Crippen LogP contribution >= 0.6 is 0 Å². The first-order valence-corrected chi connectivity index (χ1v) is 11.1. The molecule has 34 heavy (non-hydrogen) atoms. The van der Waals surface area contributed by atoms with Gasteiger partial charge in [0, 0.05) is 32.7 Å². The first-order valence-electron chi connectivity index (χ1n) is 11.1. The summed E-state index contributed by atoms with van der Waals surface area (Å²) in [6, 6.07) is 14.9. The minimum atomic E-state index is -1.82. The smallest absolute Gasteiger partial charge is 0.414 e. The molecule has 0 aromatic heterocycles. The van der Waals surface area contributed by atoms with E-state index in [-0.39, 0.29) is 0 Å². The molecule has 0 unspecified atom stereocenters. The van der Waals surface area contributed by atoms with Gasteiger partial charge in [-0.25, -0.2) is 9.59 Å². The highest BCUT2D eigenvalue weighted by Gasteiger charge is 2.19. The average molecular weight is 475 g/mol. The Morgan fingerprint density at radius 2 is 1.32 bits per heavy atom. The van der Waals surface area contributed by atoms with E-state index in [1.165, 1.54) is 24.1 Å². The highest BCUT2D eigenvalue weighted by molar-refractivity contribution is 6.27. The molecule has 0 bridgehead atoms. The van der Waals surface area contributed by atoms with Crippen molar-refractivity contribution in [3.63, 3.8) is 0 Å². The summed E-state index contributed by atoms with van der Waals surface area (Å²) in [4.78, 5) is 23.3. The summed E-state index contributed by atoms with van der Waals surface area (Å²) in [6.07, 6.45) is 2.38. The summed E-state index contributed by atoms with van der Waals surface area (Å²) >= 11 is 0. The van der Waals surface area contributed by atoms with Gasteiger partial charge in [0.15, 0.2) is 11.5 Å². The number of aliphatic carboxylic acids is 2. The monoisotopic (exact) mass is 474 g/mol. The number of nitrogens with zero attached hydrogens (tertiary/aromatic N) is 2. The first kappa shape index (κ1) is 26.9. The van der Waals surface area contributed by atoms with Crippen LogP contribution in [0.5, 0.6) is 17.2 Å². The van der Waals surface area contributed by atoms with Gasteiger partial charge in [0.05, 0.1) is 21.3 Å². The number of carboxylic acids is 2. The Kier molecular flexibility index (Phi) is 11.2. The van der Waals surface area contributed by atoms with Gasteiger partial charge >= 0.3 is 11.9 Å². The Morgan fingerprint density at radius 1 is 0.794 bits per heavy atom. The van der Waals surface area contributed by atoms with Crippen LogP contribution in [0.25, 0.3) is 0 Å². The molecule has 1 fully saturated rings. The summed E-state index contributed by atoms with van der Waals surface area (Å²) in [5.74, 6) is -1.56. The molecular formula is C25H34N2O7. The molecular weight excluding hydrogens is 440 g/mol. The van der Waals surface area contributed by atoms with Gasteiger partial charge in [-0.05, 0) is 42.6 Å². The van der Waals surface area contributed by atoms with Crippen LogP contribution in [-0.4, -0.2) is 86.0 Å². The molecule has 0 amide bonds. The van der Waals surface area contributed by atoms with Gasteiger partial charge < -0.3 is 29.3 Å². The standard InChI is InChI=1S/C23H32N2O3.C2H2O4/c1-26-21-16-20(17-22(27-2)23(21)28-3)18-25-14-12-24(13-15-25)11-7-10-19-8-5-4-6-9-19;3-1(4)2(5)6/h4-6,8-9,16-17H,7,10-15,18H2,1-3H3;(H,3,4)(H,5,6). The van der Waals surface area contributed by atoms with Crippen molar-refractivity contribution in [1.29, 1.82) is 0 Å². The minimum Gasteiger partial charge on any atom is -0.493 e. The highest BCUT2D eigenvalue weighted by atomic mass is 16.5. The van der Waals surface area contributed by atoms with E-state index in [0.29, 0.717) is 5.75 Å². The largest absolute Gasteiger partial charge is 0.493 e. The fraction of sp³-hybridized carbons (Fsp3) is 0.440. The van der Waals surface area contributed by atoms with Crippen molar-refractivity contribution >= 4 is 11.9 Å². The fourth-order valence-corrected chi connectivity index (χ4v) is 3.81. The molecule has 1 saturated heterocycles. The van der Waals surface area contributed by atoms with Crippen molar-refractivity contribution in [3.8, 4) is 17.2 Å². The number of ether oxygens (including phenoxy) is 3. The van der Waals surface area contributed by atoms with E-state index in [4.69, 9.17) is 34.0 Å². The van der Waals surface area contributed by atoms with E-state index in [1.54, 1.807) is 21.3 Å². The zero-order chi connectivity index (χ0) is 24.9. The van der Waals surface area contributed by atoms with Gasteiger partial charge in [-0.1, -0.05) is 30.3 Å². The maximum Gasteiger partial charge on any atom is 0.414 e. The number of piperazine rings is 1. The Hall–Kier alpha value is -3.30. The third-order valence-corrected chi connectivity index (χ3v) is 5.56. The van der Waals surface area contributed by atoms with Gasteiger partial charge in [-0.3, -0.25) is 4.90 Å². The predicted molar refractivity (Wildman–Crippen MR) is 128 cm³/mol. The third kappa shape index (κ3) is 8.57. The van der Waals surface area contributed by atoms with Gasteiger partial charge in [0.1, 0.15) is 0 Å². The van der Waals surface area contributed by atoms with Crippen LogP contribution in [0.3, 0.4) is 0 Å². The molecule has 0 aliphatic carbocycles. The van der Waals surface area contributed by atoms with E-state index < -0.39 is 11.9 Å². The summed E-state index contributed by atoms with van der Waals surface area (Å²) in [5.41, 5.74) is 2.62. The second-order valence-electron chi connectivity index (χ2n) is 7.85. The van der Waals surface area contributed by atoms with Crippen LogP contribution in [0.2, 0.25) is 0 Å². The number of methoxy groups -OCH3 is 3. The van der Waals surface area contributed by atoms with Crippen molar-refractivity contribution in [1.82, 2.24) is 9.80 Å². The molecule has 1 aliphatic rings. The van der Waals surface area contributed by atoms with Crippen molar-refractivity contribution in [2.45, 2.75) is 19.4 Å². The summed E-state index contributed by atoms with van der Waals surface area (Å²) in [6.45, 7) is 6.49. The Balaban J connectivity index is 0.000000604. The number of carboxylic acid groups (broad SMARTS) is 2. The molecule has 9 nitrogen and oxygen atoms in total. The van der Waals surface area contributed by atoms with E-state index in [9.17, 15) is 0 Å². The van der Waals surface area contributed by atoms with Crippen molar-refractivity contribution in [2.75, 3.05) is 54.1 Å². The molecule has 2 aromatic rings. The van der Waals surface area contributed by atoms with Crippen molar-refractivity contribution in [2.24, 2.45) is 0 Å². The fourth-order valence-electron chi connectivity index (χ4n) is 3.81. The normalized spacial score (nSPS) is 14.0. The molecule has 186 valence electrons. The first-order chi connectivity index (χ1) is 16.4. The van der Waals surface area contributed by atoms with Crippen LogP contribution in [0.1, 0.15) is 17.5 Å². The van der Waals surface area contributed by atoms with Crippen LogP contribution < -0.4 is 14.2 Å². The molecule has 0 spiro atoms. The molecule has 9 heteroatoms. The zero-order valence-corrected chi connectivity index (χ0v) is 20.0. The Bertz CT molecular complexity index is 876. The Morgan fingerprint density at radius 3 is 1.79 bits per heavy atom. The second-order valence-corrected chi connectivity index (χ2v) is 7.85. The summed E-state index contributed by atoms with van der Waals surface area (Å²) in [5, 5.41) is 14.8. The van der Waals surface area contributed by atoms with Crippen LogP contribution in [0.4, 0.5) is 0 Å². The zero-order valence-electron chi connectivity index (χ0n) is 20.0. The summed E-state index contributed by atoms with van der Waals surface area (Å²) < 4.78 is 16.4. The van der Waals surface area contributed by atoms with Gasteiger partial charge in [-0.15, -0.1) is 0 Å². The van der Waals surface area contributed by atoms with Crippen molar-refractivity contribution < 1.29 is 34.0 Å². The topological polar surface area (TPSA) is 109 Å². The number of rotatable bonds is 9. The van der Waals surface area contributed by atoms with E-state index >= 15 is 0 Å². The van der Waals surface area contributed by atoms with Gasteiger partial charge in [0.25, 0.3) is 0 Å². The maximum atomic E-state index is 9.10. The summed E-state index contributed by atoms with van der Waals surface area (Å²) in [7, 11) is 4.96. The van der Waals surface area contributed by atoms with Gasteiger partial charge in [0.2, 0.25) is 5.75 Å². The molecule has 2 N–H and O–H groups in total. The van der Waals surface area contributed by atoms with Crippen molar-refractivity contribution in [3.05, 3.63) is 53.6 Å². The molecule has 2 aromatic carbocycles. The van der Waals surface area contributed by atoms with Crippen LogP contribution in [0.15, 0.2) is 42.5 Å². The number of hydrogen-bond donors (Lipinski definition) is 2. The Labute approximate surface area is 200 Å². The van der Waals surface area contributed by atoms with E-state index in [1.807, 2.05) is 12.1 Å². The van der Waals surface area contributed by atoms with Gasteiger partial charge in [-0.2, -0.15) is 0 Å². The quantitative estimate of drug-likeness (QED) is 0.530. The lowest BCUT2D eigenvalue weighted by molar-refractivity contribution is -0.159. The predicted octanol–water partition coefficient (Wildman–Crippen LogP) is 2.62. The second kappa shape index (κ2) is 14.1. The SMILES string of the molecule is COc1cc(CN2CCN(CCCc3ccccc3)CC2)cc(OC)c1OC.O=C(O)C(=O)O. The number of carbonyl (C=O) groups is 2. The number of benzene rings is 2. The lowest BCUT2D eigenvalue weighted by atomic mass is 10.1. The molecule has 3 rings (SSSR count). The highest BCUT2D eigenvalue weighted by Crippen LogP contribution is 2.38. The average Bonchev–Trinajstić information content (AvgIpc) is 2.85. The number of hydrogen-bond acceptors (Lipinski definition) is 7. The third-order valence-electron chi connectivity index (χ3n) is 5.56. The molecule has 0 saturated carbocycles. The van der Waals surface area contributed by atoms with E-state index in [2.05, 4.69) is 40.1 Å². The van der Waals surface area contributed by atoms with Crippen LogP contribution in [0, 0.1) is 0 Å². The number of aryl methyl sites for hydroxylation is 1. The maximum absolute atomic E-state index is 9.10. The molecule has 0 radical (unpaired) electrons.